The van der Waals surface area contributed by atoms with Crippen molar-refractivity contribution in [2.24, 2.45) is 0 Å². The van der Waals surface area contributed by atoms with E-state index in [1.807, 2.05) is 25.1 Å². The minimum absolute atomic E-state index is 0.0383. The van der Waals surface area contributed by atoms with Crippen LogP contribution in [0.1, 0.15) is 29.9 Å². The van der Waals surface area contributed by atoms with Crippen molar-refractivity contribution in [3.05, 3.63) is 35.4 Å². The van der Waals surface area contributed by atoms with Crippen molar-refractivity contribution in [1.29, 1.82) is 0 Å². The molecule has 2 nitrogen and oxygen atoms in total. The van der Waals surface area contributed by atoms with Crippen LogP contribution in [0, 0.1) is 6.92 Å². The molecule has 1 aromatic rings. The minimum atomic E-state index is -0.0677. The highest BCUT2D eigenvalue weighted by Crippen LogP contribution is 2.26. The number of hydrogen-bond acceptors (Lipinski definition) is 2. The van der Waals surface area contributed by atoms with Crippen LogP contribution in [0.4, 0.5) is 0 Å². The third-order valence-corrected chi connectivity index (χ3v) is 2.61. The molecule has 1 atom stereocenters. The number of hydrogen-bond donors (Lipinski definition) is 0. The lowest BCUT2D eigenvalue weighted by Gasteiger charge is -2.21. The van der Waals surface area contributed by atoms with Gasteiger partial charge in [0.2, 0.25) is 0 Å². The van der Waals surface area contributed by atoms with Gasteiger partial charge in [0.1, 0.15) is 0 Å². The second-order valence-electron chi connectivity index (χ2n) is 3.78. The first-order chi connectivity index (χ1) is 6.77. The lowest BCUT2D eigenvalue weighted by Crippen LogP contribution is -2.22. The number of aryl methyl sites for hydroxylation is 1. The summed E-state index contributed by atoms with van der Waals surface area (Å²) in [5, 5.41) is 0. The van der Waals surface area contributed by atoms with E-state index in [0.717, 1.165) is 18.4 Å². The summed E-state index contributed by atoms with van der Waals surface area (Å²) in [5.74, 6) is -0.106. The Morgan fingerprint density at radius 2 is 2.29 bits per heavy atom. The Bertz CT molecular complexity index is 344. The fraction of sp³-hybridized carbons (Fsp3) is 0.417. The van der Waals surface area contributed by atoms with Crippen molar-refractivity contribution in [2.45, 2.75) is 25.7 Å². The predicted octanol–water partition coefficient (Wildman–Crippen LogP) is 2.42. The van der Waals surface area contributed by atoms with Crippen molar-refractivity contribution in [2.75, 3.05) is 6.61 Å². The molecule has 1 aliphatic heterocycles. The number of carbonyl (C=O) groups is 1. The monoisotopic (exact) mass is 190 g/mol. The molecule has 0 aliphatic carbocycles. The van der Waals surface area contributed by atoms with Gasteiger partial charge in [0.05, 0.1) is 12.5 Å². The maximum Gasteiger partial charge on any atom is 0.313 e. The van der Waals surface area contributed by atoms with Crippen LogP contribution in [0.5, 0.6) is 0 Å². The first kappa shape index (κ1) is 9.25. The molecule has 0 spiro atoms. The van der Waals surface area contributed by atoms with Crippen LogP contribution >= 0.6 is 0 Å². The predicted molar refractivity (Wildman–Crippen MR) is 54.1 cm³/mol. The summed E-state index contributed by atoms with van der Waals surface area (Å²) in [5.41, 5.74) is 2.29. The quantitative estimate of drug-likeness (QED) is 0.636. The van der Waals surface area contributed by atoms with Gasteiger partial charge in [0.25, 0.3) is 0 Å². The summed E-state index contributed by atoms with van der Waals surface area (Å²) in [7, 11) is 0. The lowest BCUT2D eigenvalue weighted by atomic mass is 9.92. The molecule has 0 N–H and O–H groups in total. The summed E-state index contributed by atoms with van der Waals surface area (Å²) < 4.78 is 5.05. The van der Waals surface area contributed by atoms with Gasteiger partial charge >= 0.3 is 5.97 Å². The Hall–Kier alpha value is -1.31. The number of ether oxygens (including phenoxy) is 1. The smallest absolute Gasteiger partial charge is 0.313 e. The maximum atomic E-state index is 11.5. The zero-order valence-corrected chi connectivity index (χ0v) is 8.32. The van der Waals surface area contributed by atoms with E-state index in [4.69, 9.17) is 4.74 Å². The minimum Gasteiger partial charge on any atom is -0.465 e. The third-order valence-electron chi connectivity index (χ3n) is 2.61. The first-order valence-electron chi connectivity index (χ1n) is 5.00. The largest absolute Gasteiger partial charge is 0.465 e. The Balaban J connectivity index is 2.24. The van der Waals surface area contributed by atoms with Gasteiger partial charge in [-0.2, -0.15) is 0 Å². The third kappa shape index (κ3) is 1.79. The highest BCUT2D eigenvalue weighted by molar-refractivity contribution is 5.78. The molecule has 14 heavy (non-hydrogen) atoms. The van der Waals surface area contributed by atoms with Crippen molar-refractivity contribution in [1.82, 2.24) is 0 Å². The first-order valence-corrected chi connectivity index (χ1v) is 5.00. The number of carbonyl (C=O) groups excluding carboxylic acids is 1. The van der Waals surface area contributed by atoms with Gasteiger partial charge in [-0.25, -0.2) is 0 Å². The van der Waals surface area contributed by atoms with E-state index < -0.39 is 0 Å². The molecule has 0 saturated carbocycles. The molecule has 0 radical (unpaired) electrons. The van der Waals surface area contributed by atoms with Crippen LogP contribution in [-0.2, 0) is 9.53 Å². The van der Waals surface area contributed by atoms with Crippen LogP contribution in [-0.4, -0.2) is 12.6 Å². The van der Waals surface area contributed by atoms with Crippen molar-refractivity contribution in [3.8, 4) is 0 Å². The van der Waals surface area contributed by atoms with E-state index >= 15 is 0 Å². The molecule has 1 saturated heterocycles. The molecule has 0 aromatic heterocycles. The number of esters is 1. The normalized spacial score (nSPS) is 21.8. The lowest BCUT2D eigenvalue weighted by molar-refractivity contribution is -0.149. The average molecular weight is 190 g/mol. The van der Waals surface area contributed by atoms with E-state index in [0.29, 0.717) is 6.61 Å². The van der Waals surface area contributed by atoms with E-state index in [-0.39, 0.29) is 11.9 Å². The molecule has 1 fully saturated rings. The topological polar surface area (TPSA) is 26.3 Å². The molecule has 1 heterocycles. The van der Waals surface area contributed by atoms with Crippen molar-refractivity contribution >= 4 is 5.97 Å². The molecule has 74 valence electrons. The van der Waals surface area contributed by atoms with E-state index in [2.05, 4.69) is 6.07 Å². The van der Waals surface area contributed by atoms with E-state index in [9.17, 15) is 4.79 Å². The highest BCUT2D eigenvalue weighted by Gasteiger charge is 2.25. The Kier molecular flexibility index (Phi) is 2.53. The molecule has 1 aromatic carbocycles. The van der Waals surface area contributed by atoms with Crippen molar-refractivity contribution < 1.29 is 9.53 Å². The molecule has 0 bridgehead atoms. The molecule has 0 amide bonds. The maximum absolute atomic E-state index is 11.5. The fourth-order valence-corrected chi connectivity index (χ4v) is 1.87. The second-order valence-corrected chi connectivity index (χ2v) is 3.78. The van der Waals surface area contributed by atoms with Crippen LogP contribution < -0.4 is 0 Å². The van der Waals surface area contributed by atoms with Crippen LogP contribution in [0.2, 0.25) is 0 Å². The Labute approximate surface area is 83.9 Å². The molecular formula is C12H14O2. The van der Waals surface area contributed by atoms with Gasteiger partial charge in [-0.1, -0.05) is 29.8 Å². The number of benzene rings is 1. The van der Waals surface area contributed by atoms with Gasteiger partial charge in [-0.3, -0.25) is 4.79 Å². The van der Waals surface area contributed by atoms with Gasteiger partial charge in [-0.15, -0.1) is 0 Å². The van der Waals surface area contributed by atoms with Gasteiger partial charge in [-0.05, 0) is 25.3 Å². The van der Waals surface area contributed by atoms with E-state index in [1.165, 1.54) is 5.56 Å². The molecular weight excluding hydrogens is 176 g/mol. The second kappa shape index (κ2) is 3.82. The molecule has 2 heteroatoms. The summed E-state index contributed by atoms with van der Waals surface area (Å²) in [6.07, 6.45) is 1.90. The average Bonchev–Trinajstić information content (AvgIpc) is 2.18. The molecule has 2 rings (SSSR count). The van der Waals surface area contributed by atoms with Crippen molar-refractivity contribution in [3.63, 3.8) is 0 Å². The molecule has 1 aliphatic rings. The standard InChI is InChI=1S/C12H14O2/c1-9-4-2-5-10(8-9)11-6-3-7-14-12(11)13/h2,4-5,8,11H,3,6-7H2,1H3/t11-/m0/s1. The molecule has 0 unspecified atom stereocenters. The number of cyclic esters (lactones) is 1. The van der Waals surface area contributed by atoms with Gasteiger partial charge < -0.3 is 4.74 Å². The summed E-state index contributed by atoms with van der Waals surface area (Å²) in [4.78, 5) is 11.5. The summed E-state index contributed by atoms with van der Waals surface area (Å²) in [6, 6.07) is 8.10. The van der Waals surface area contributed by atoms with Crippen LogP contribution in [0.3, 0.4) is 0 Å². The Morgan fingerprint density at radius 1 is 1.43 bits per heavy atom. The zero-order chi connectivity index (χ0) is 9.97. The zero-order valence-electron chi connectivity index (χ0n) is 8.32. The van der Waals surface area contributed by atoms with Gasteiger partial charge in [0.15, 0.2) is 0 Å². The fourth-order valence-electron chi connectivity index (χ4n) is 1.87. The van der Waals surface area contributed by atoms with Crippen LogP contribution in [0.25, 0.3) is 0 Å². The summed E-state index contributed by atoms with van der Waals surface area (Å²) in [6.45, 7) is 2.62. The number of rotatable bonds is 1. The SMILES string of the molecule is Cc1cccc([C@@H]2CCCOC2=O)c1. The van der Waals surface area contributed by atoms with Crippen LogP contribution in [0.15, 0.2) is 24.3 Å². The van der Waals surface area contributed by atoms with Gasteiger partial charge in [0, 0.05) is 0 Å². The summed E-state index contributed by atoms with van der Waals surface area (Å²) >= 11 is 0. The Morgan fingerprint density at radius 3 is 3.00 bits per heavy atom. The highest BCUT2D eigenvalue weighted by atomic mass is 16.5. The van der Waals surface area contributed by atoms with E-state index in [1.54, 1.807) is 0 Å².